The zero-order valence-corrected chi connectivity index (χ0v) is 15.2. The first kappa shape index (κ1) is 18.2. The largest absolute Gasteiger partial charge is 0.386 e. The maximum Gasteiger partial charge on any atom is 0.161 e. The Labute approximate surface area is 141 Å². The van der Waals surface area contributed by atoms with Crippen molar-refractivity contribution in [3.05, 3.63) is 36.0 Å². The Balaban J connectivity index is 2.15. The molecule has 0 aromatic rings. The van der Waals surface area contributed by atoms with Crippen LogP contribution in [0.5, 0.6) is 0 Å². The van der Waals surface area contributed by atoms with Crippen molar-refractivity contribution in [3.8, 4) is 0 Å². The van der Waals surface area contributed by atoms with Crippen molar-refractivity contribution in [2.45, 2.75) is 71.8 Å². The Morgan fingerprint density at radius 1 is 1.52 bits per heavy atom. The average molecular weight is 316 g/mol. The smallest absolute Gasteiger partial charge is 0.161 e. The molecule has 0 aromatic heterocycles. The van der Waals surface area contributed by atoms with Crippen LogP contribution in [-0.4, -0.2) is 16.5 Å². The van der Waals surface area contributed by atoms with Gasteiger partial charge in [0.2, 0.25) is 0 Å². The highest BCUT2D eigenvalue weighted by Gasteiger charge is 2.54. The number of hydrogen-bond acceptors (Lipinski definition) is 2. The minimum atomic E-state index is -0.892. The van der Waals surface area contributed by atoms with Crippen LogP contribution in [0.4, 0.5) is 0 Å². The van der Waals surface area contributed by atoms with Crippen LogP contribution in [0, 0.1) is 17.3 Å². The first-order valence-corrected chi connectivity index (χ1v) is 8.99. The lowest BCUT2D eigenvalue weighted by Crippen LogP contribution is -2.51. The van der Waals surface area contributed by atoms with Gasteiger partial charge >= 0.3 is 0 Å². The van der Waals surface area contributed by atoms with Crippen LogP contribution >= 0.6 is 0 Å². The first-order chi connectivity index (χ1) is 10.7. The van der Waals surface area contributed by atoms with E-state index in [0.29, 0.717) is 18.3 Å². The van der Waals surface area contributed by atoms with Crippen molar-refractivity contribution in [1.82, 2.24) is 0 Å². The third-order valence-corrected chi connectivity index (χ3v) is 6.15. The van der Waals surface area contributed by atoms with Gasteiger partial charge in [-0.1, -0.05) is 37.6 Å². The number of allylic oxidation sites excluding steroid dienone is 4. The molecule has 0 aliphatic heterocycles. The molecular weight excluding hydrogens is 284 g/mol. The molecule has 2 aliphatic carbocycles. The Bertz CT molecular complexity index is 538. The molecule has 0 amide bonds. The molecule has 23 heavy (non-hydrogen) atoms. The molecular formula is C21H32O2. The Morgan fingerprint density at radius 2 is 2.22 bits per heavy atom. The molecule has 1 fully saturated rings. The van der Waals surface area contributed by atoms with Crippen molar-refractivity contribution in [2.24, 2.45) is 17.3 Å². The van der Waals surface area contributed by atoms with Crippen molar-refractivity contribution in [1.29, 1.82) is 0 Å². The second-order valence-corrected chi connectivity index (χ2v) is 8.03. The molecule has 2 rings (SSSR count). The molecule has 1 saturated carbocycles. The molecule has 1 unspecified atom stereocenters. The van der Waals surface area contributed by atoms with Gasteiger partial charge in [0.1, 0.15) is 0 Å². The summed E-state index contributed by atoms with van der Waals surface area (Å²) in [4.78, 5) is 12.8. The molecule has 0 heterocycles. The fourth-order valence-electron chi connectivity index (χ4n) is 4.00. The van der Waals surface area contributed by atoms with Gasteiger partial charge < -0.3 is 5.11 Å². The second-order valence-electron chi connectivity index (χ2n) is 8.03. The quantitative estimate of drug-likeness (QED) is 0.586. The zero-order valence-electron chi connectivity index (χ0n) is 15.2. The van der Waals surface area contributed by atoms with Gasteiger partial charge in [-0.3, -0.25) is 4.79 Å². The zero-order chi connectivity index (χ0) is 17.3. The molecule has 0 radical (unpaired) electrons. The first-order valence-electron chi connectivity index (χ1n) is 8.99. The van der Waals surface area contributed by atoms with Gasteiger partial charge in [0.25, 0.3) is 0 Å². The number of ketones is 1. The summed E-state index contributed by atoms with van der Waals surface area (Å²) >= 11 is 0. The number of fused-ring (bicyclic) bond motifs is 1. The normalized spacial score (nSPS) is 36.7. The van der Waals surface area contributed by atoms with Gasteiger partial charge in [-0.25, -0.2) is 0 Å². The molecule has 4 atom stereocenters. The SMILES string of the molecule is C=C1CC/C=C(/C)CC[C@H]2[C@H]1C[C@]2(C)C(=O)/C=C/C(C)(O)CC. The number of carbonyl (C=O) groups is 1. The third kappa shape index (κ3) is 3.85. The second kappa shape index (κ2) is 6.76. The van der Waals surface area contributed by atoms with Crippen LogP contribution in [0.1, 0.15) is 66.2 Å². The molecule has 1 N–H and O–H groups in total. The molecule has 2 nitrogen and oxygen atoms in total. The lowest BCUT2D eigenvalue weighted by Gasteiger charge is -2.53. The average Bonchev–Trinajstić information content (AvgIpc) is 2.54. The standard InChI is InChI=1S/C21H32O2/c1-6-20(4,23)13-12-19(22)21(5)14-17-16(3)9-7-8-15(2)10-11-18(17)21/h8,12-13,17-18,23H,3,6-7,9-11,14H2,1-2,4-5H3/b13-12+,15-8-/t17-,18-,20?,21-/m0/s1. The summed E-state index contributed by atoms with van der Waals surface area (Å²) in [5, 5.41) is 10.1. The Hall–Kier alpha value is -1.15. The summed E-state index contributed by atoms with van der Waals surface area (Å²) in [6.07, 6.45) is 11.4. The molecule has 0 aromatic carbocycles. The predicted molar refractivity (Wildman–Crippen MR) is 96.1 cm³/mol. The highest BCUT2D eigenvalue weighted by molar-refractivity contribution is 5.95. The number of rotatable bonds is 4. The summed E-state index contributed by atoms with van der Waals surface area (Å²) in [6.45, 7) is 12.3. The molecule has 2 heteroatoms. The highest BCUT2D eigenvalue weighted by Crippen LogP contribution is 2.57. The molecule has 2 aliphatic rings. The van der Waals surface area contributed by atoms with Crippen molar-refractivity contribution < 1.29 is 9.90 Å². The van der Waals surface area contributed by atoms with E-state index in [2.05, 4.69) is 26.5 Å². The summed E-state index contributed by atoms with van der Waals surface area (Å²) in [6, 6.07) is 0. The Kier molecular flexibility index (Phi) is 5.35. The van der Waals surface area contributed by atoms with Crippen molar-refractivity contribution in [2.75, 3.05) is 0 Å². The van der Waals surface area contributed by atoms with E-state index in [1.54, 1.807) is 19.1 Å². The maximum absolute atomic E-state index is 12.8. The maximum atomic E-state index is 12.8. The fraction of sp³-hybridized carbons (Fsp3) is 0.667. The Morgan fingerprint density at radius 3 is 2.87 bits per heavy atom. The fourth-order valence-corrected chi connectivity index (χ4v) is 4.00. The van der Waals surface area contributed by atoms with E-state index in [0.717, 1.165) is 32.1 Å². The van der Waals surface area contributed by atoms with Gasteiger partial charge in [0, 0.05) is 5.41 Å². The molecule has 0 saturated heterocycles. The third-order valence-electron chi connectivity index (χ3n) is 6.15. The molecule has 128 valence electrons. The minimum Gasteiger partial charge on any atom is -0.386 e. The number of hydrogen-bond donors (Lipinski definition) is 1. The lowest BCUT2D eigenvalue weighted by atomic mass is 9.49. The van der Waals surface area contributed by atoms with E-state index >= 15 is 0 Å². The number of carbonyl (C=O) groups excluding carboxylic acids is 1. The molecule has 0 bridgehead atoms. The van der Waals surface area contributed by atoms with E-state index in [9.17, 15) is 9.90 Å². The lowest BCUT2D eigenvalue weighted by molar-refractivity contribution is -0.137. The van der Waals surface area contributed by atoms with Crippen LogP contribution in [0.15, 0.2) is 36.0 Å². The van der Waals surface area contributed by atoms with Crippen LogP contribution in [-0.2, 0) is 4.79 Å². The molecule has 0 spiro atoms. The van der Waals surface area contributed by atoms with Crippen LogP contribution in [0.2, 0.25) is 0 Å². The van der Waals surface area contributed by atoms with Gasteiger partial charge in [-0.15, -0.1) is 0 Å². The van der Waals surface area contributed by atoms with Gasteiger partial charge in [0.05, 0.1) is 5.60 Å². The summed E-state index contributed by atoms with van der Waals surface area (Å²) in [7, 11) is 0. The predicted octanol–water partition coefficient (Wildman–Crippen LogP) is 4.99. The van der Waals surface area contributed by atoms with E-state index < -0.39 is 5.60 Å². The summed E-state index contributed by atoms with van der Waals surface area (Å²) in [5.74, 6) is 1.05. The van der Waals surface area contributed by atoms with Crippen molar-refractivity contribution in [3.63, 3.8) is 0 Å². The highest BCUT2D eigenvalue weighted by atomic mass is 16.3. The van der Waals surface area contributed by atoms with E-state index in [4.69, 9.17) is 0 Å². The topological polar surface area (TPSA) is 37.3 Å². The monoisotopic (exact) mass is 316 g/mol. The van der Waals surface area contributed by atoms with E-state index in [1.165, 1.54) is 11.1 Å². The van der Waals surface area contributed by atoms with E-state index in [-0.39, 0.29) is 11.2 Å². The van der Waals surface area contributed by atoms with Crippen LogP contribution in [0.25, 0.3) is 0 Å². The van der Waals surface area contributed by atoms with Crippen molar-refractivity contribution >= 4 is 5.78 Å². The van der Waals surface area contributed by atoms with Crippen LogP contribution in [0.3, 0.4) is 0 Å². The minimum absolute atomic E-state index is 0.168. The van der Waals surface area contributed by atoms with Gasteiger partial charge in [-0.2, -0.15) is 0 Å². The van der Waals surface area contributed by atoms with Crippen LogP contribution < -0.4 is 0 Å². The van der Waals surface area contributed by atoms with Gasteiger partial charge in [0.15, 0.2) is 5.78 Å². The van der Waals surface area contributed by atoms with E-state index in [1.807, 2.05) is 6.92 Å². The van der Waals surface area contributed by atoms with Gasteiger partial charge in [-0.05, 0) is 76.4 Å². The summed E-state index contributed by atoms with van der Waals surface area (Å²) in [5.41, 5.74) is 1.56. The summed E-state index contributed by atoms with van der Waals surface area (Å²) < 4.78 is 0. The number of aliphatic hydroxyl groups is 1.